The van der Waals surface area contributed by atoms with Crippen LogP contribution in [0.4, 0.5) is 0 Å². The first-order valence-corrected chi connectivity index (χ1v) is 8.59. The Bertz CT molecular complexity index is 744. The molecule has 3 aromatic rings. The van der Waals surface area contributed by atoms with Gasteiger partial charge in [-0.3, -0.25) is 9.97 Å². The third-order valence-corrected chi connectivity index (χ3v) is 4.28. The summed E-state index contributed by atoms with van der Waals surface area (Å²) >= 11 is 0. The van der Waals surface area contributed by atoms with Gasteiger partial charge in [0.05, 0.1) is 0 Å². The Kier molecular flexibility index (Phi) is 5.37. The molecule has 0 unspecified atom stereocenters. The lowest BCUT2D eigenvalue weighted by molar-refractivity contribution is 0.888. The highest BCUT2D eigenvalue weighted by atomic mass is 14.7. The van der Waals surface area contributed by atoms with Crippen LogP contribution in [-0.2, 0) is 25.7 Å². The van der Waals surface area contributed by atoms with Gasteiger partial charge in [0.15, 0.2) is 0 Å². The van der Waals surface area contributed by atoms with Crippen molar-refractivity contribution >= 4 is 0 Å². The number of benzene rings is 1. The van der Waals surface area contributed by atoms with Crippen molar-refractivity contribution in [1.82, 2.24) is 9.97 Å². The molecule has 0 saturated heterocycles. The van der Waals surface area contributed by atoms with Gasteiger partial charge in [0.25, 0.3) is 0 Å². The quantitative estimate of drug-likeness (QED) is 0.661. The number of hydrogen-bond donors (Lipinski definition) is 0. The highest BCUT2D eigenvalue weighted by Crippen LogP contribution is 2.12. The van der Waals surface area contributed by atoms with Gasteiger partial charge in [0, 0.05) is 24.3 Å². The Hall–Kier alpha value is -2.48. The predicted molar refractivity (Wildman–Crippen MR) is 99.2 cm³/mol. The first-order chi connectivity index (χ1) is 11.7. The van der Waals surface area contributed by atoms with E-state index in [4.69, 9.17) is 0 Å². The molecule has 1 aromatic carbocycles. The molecule has 24 heavy (non-hydrogen) atoms. The van der Waals surface area contributed by atoms with Gasteiger partial charge >= 0.3 is 0 Å². The Morgan fingerprint density at radius 3 is 2.17 bits per heavy atom. The molecule has 0 saturated carbocycles. The second-order valence-corrected chi connectivity index (χ2v) is 6.52. The summed E-state index contributed by atoms with van der Waals surface area (Å²) in [7, 11) is 0. The zero-order valence-corrected chi connectivity index (χ0v) is 14.5. The molecule has 2 aromatic heterocycles. The second-order valence-electron chi connectivity index (χ2n) is 6.52. The molecule has 0 aliphatic rings. The summed E-state index contributed by atoms with van der Waals surface area (Å²) in [5, 5.41) is 0. The maximum Gasteiger partial charge on any atom is 0.0409 e. The standard InChI is InChI=1S/C22H24N2/c1-17-4-3-5-19(12-17)6-7-20-14-21(16-23-15-20)8-9-22-13-18(2)10-11-24-22/h3-5,10-16H,6-9H2,1-2H3. The van der Waals surface area contributed by atoms with Crippen LogP contribution in [0.1, 0.15) is 33.5 Å². The highest BCUT2D eigenvalue weighted by molar-refractivity contribution is 5.25. The van der Waals surface area contributed by atoms with E-state index in [-0.39, 0.29) is 0 Å². The molecule has 0 aliphatic carbocycles. The van der Waals surface area contributed by atoms with Crippen molar-refractivity contribution in [2.45, 2.75) is 39.5 Å². The molecule has 2 nitrogen and oxygen atoms in total. The van der Waals surface area contributed by atoms with Gasteiger partial charge in [-0.2, -0.15) is 0 Å². The molecule has 0 aliphatic heterocycles. The van der Waals surface area contributed by atoms with Crippen molar-refractivity contribution in [3.63, 3.8) is 0 Å². The SMILES string of the molecule is Cc1cccc(CCc2cncc(CCc3cc(C)ccn3)c2)c1. The molecule has 0 bridgehead atoms. The highest BCUT2D eigenvalue weighted by Gasteiger charge is 2.02. The van der Waals surface area contributed by atoms with Crippen LogP contribution in [0.15, 0.2) is 61.1 Å². The zero-order chi connectivity index (χ0) is 16.8. The van der Waals surface area contributed by atoms with Crippen molar-refractivity contribution in [2.75, 3.05) is 0 Å². The number of nitrogens with zero attached hydrogens (tertiary/aromatic N) is 2. The lowest BCUT2D eigenvalue weighted by atomic mass is 10.0. The molecule has 0 N–H and O–H groups in total. The smallest absolute Gasteiger partial charge is 0.0409 e. The number of aromatic nitrogens is 2. The van der Waals surface area contributed by atoms with Crippen LogP contribution in [0, 0.1) is 13.8 Å². The van der Waals surface area contributed by atoms with Crippen molar-refractivity contribution in [3.8, 4) is 0 Å². The summed E-state index contributed by atoms with van der Waals surface area (Å²) in [6.45, 7) is 4.25. The van der Waals surface area contributed by atoms with Gasteiger partial charge in [-0.25, -0.2) is 0 Å². The first kappa shape index (κ1) is 16.4. The fourth-order valence-corrected chi connectivity index (χ4v) is 2.98. The van der Waals surface area contributed by atoms with Crippen LogP contribution in [0.25, 0.3) is 0 Å². The Morgan fingerprint density at radius 1 is 0.708 bits per heavy atom. The van der Waals surface area contributed by atoms with E-state index in [1.54, 1.807) is 0 Å². The van der Waals surface area contributed by atoms with Crippen molar-refractivity contribution in [3.05, 3.63) is 94.6 Å². The first-order valence-electron chi connectivity index (χ1n) is 8.59. The van der Waals surface area contributed by atoms with E-state index in [1.165, 1.54) is 27.8 Å². The zero-order valence-electron chi connectivity index (χ0n) is 14.5. The van der Waals surface area contributed by atoms with Gasteiger partial charge in [-0.15, -0.1) is 0 Å². The molecular formula is C22H24N2. The number of pyridine rings is 2. The Labute approximate surface area is 144 Å². The molecule has 0 spiro atoms. The Balaban J connectivity index is 1.59. The molecule has 3 rings (SSSR count). The lowest BCUT2D eigenvalue weighted by Crippen LogP contribution is -1.98. The summed E-state index contributed by atoms with van der Waals surface area (Å²) in [5.74, 6) is 0. The summed E-state index contributed by atoms with van der Waals surface area (Å²) in [4.78, 5) is 8.86. The lowest BCUT2D eigenvalue weighted by Gasteiger charge is -2.06. The van der Waals surface area contributed by atoms with E-state index in [0.29, 0.717) is 0 Å². The second kappa shape index (κ2) is 7.87. The van der Waals surface area contributed by atoms with Crippen molar-refractivity contribution < 1.29 is 0 Å². The topological polar surface area (TPSA) is 25.8 Å². The summed E-state index contributed by atoms with van der Waals surface area (Å²) in [5.41, 5.74) is 7.74. The Morgan fingerprint density at radius 2 is 1.42 bits per heavy atom. The van der Waals surface area contributed by atoms with E-state index in [1.807, 2.05) is 24.7 Å². The normalized spacial score (nSPS) is 10.8. The molecule has 0 fully saturated rings. The van der Waals surface area contributed by atoms with Gasteiger partial charge in [0.1, 0.15) is 0 Å². The van der Waals surface area contributed by atoms with E-state index in [2.05, 4.69) is 60.2 Å². The average Bonchev–Trinajstić information content (AvgIpc) is 2.59. The van der Waals surface area contributed by atoms with E-state index in [9.17, 15) is 0 Å². The number of aryl methyl sites for hydroxylation is 6. The van der Waals surface area contributed by atoms with Gasteiger partial charge in [-0.1, -0.05) is 35.9 Å². The molecule has 122 valence electrons. The molecular weight excluding hydrogens is 292 g/mol. The molecule has 0 radical (unpaired) electrons. The molecule has 2 heterocycles. The fraction of sp³-hybridized carbons (Fsp3) is 0.273. The van der Waals surface area contributed by atoms with Gasteiger partial charge < -0.3 is 0 Å². The van der Waals surface area contributed by atoms with E-state index in [0.717, 1.165) is 31.4 Å². The molecule has 0 atom stereocenters. The minimum Gasteiger partial charge on any atom is -0.264 e. The van der Waals surface area contributed by atoms with Crippen molar-refractivity contribution in [1.29, 1.82) is 0 Å². The van der Waals surface area contributed by atoms with Crippen LogP contribution < -0.4 is 0 Å². The summed E-state index contributed by atoms with van der Waals surface area (Å²) in [6.07, 6.45) is 9.91. The third-order valence-electron chi connectivity index (χ3n) is 4.28. The van der Waals surface area contributed by atoms with Crippen LogP contribution in [0.5, 0.6) is 0 Å². The third kappa shape index (κ3) is 4.76. The maximum absolute atomic E-state index is 4.44. The number of rotatable bonds is 6. The predicted octanol–water partition coefficient (Wildman–Crippen LogP) is 4.66. The van der Waals surface area contributed by atoms with Crippen LogP contribution in [0.3, 0.4) is 0 Å². The monoisotopic (exact) mass is 316 g/mol. The fourth-order valence-electron chi connectivity index (χ4n) is 2.98. The minimum absolute atomic E-state index is 0.963. The summed E-state index contributed by atoms with van der Waals surface area (Å²) in [6, 6.07) is 15.2. The average molecular weight is 316 g/mol. The largest absolute Gasteiger partial charge is 0.264 e. The van der Waals surface area contributed by atoms with Crippen LogP contribution in [0.2, 0.25) is 0 Å². The molecule has 2 heteroatoms. The van der Waals surface area contributed by atoms with Gasteiger partial charge in [0.2, 0.25) is 0 Å². The van der Waals surface area contributed by atoms with Crippen LogP contribution >= 0.6 is 0 Å². The maximum atomic E-state index is 4.44. The number of hydrogen-bond acceptors (Lipinski definition) is 2. The van der Waals surface area contributed by atoms with Gasteiger partial charge in [-0.05, 0) is 73.9 Å². The van der Waals surface area contributed by atoms with Crippen LogP contribution in [-0.4, -0.2) is 9.97 Å². The summed E-state index contributed by atoms with van der Waals surface area (Å²) < 4.78 is 0. The molecule has 0 amide bonds. The van der Waals surface area contributed by atoms with E-state index < -0.39 is 0 Å². The van der Waals surface area contributed by atoms with E-state index >= 15 is 0 Å². The van der Waals surface area contributed by atoms with Crippen molar-refractivity contribution in [2.24, 2.45) is 0 Å². The minimum atomic E-state index is 0.963.